The van der Waals surface area contributed by atoms with Crippen LogP contribution in [-0.2, 0) is 4.79 Å². The van der Waals surface area contributed by atoms with Gasteiger partial charge in [-0.2, -0.15) is 0 Å². The van der Waals surface area contributed by atoms with Crippen LogP contribution < -0.4 is 16.0 Å². The van der Waals surface area contributed by atoms with Crippen LogP contribution in [0.3, 0.4) is 0 Å². The Hall–Kier alpha value is -0.530. The van der Waals surface area contributed by atoms with Gasteiger partial charge in [0, 0.05) is 18.6 Å². The highest BCUT2D eigenvalue weighted by atomic mass is 127. The number of nitrogens with zero attached hydrogens (tertiary/aromatic N) is 1. The minimum absolute atomic E-state index is 0. The Kier molecular flexibility index (Phi) is 9.98. The lowest BCUT2D eigenvalue weighted by Crippen LogP contribution is -2.43. The molecule has 0 heterocycles. The number of hydrogen-bond acceptors (Lipinski definition) is 2. The second-order valence-corrected chi connectivity index (χ2v) is 6.51. The first-order valence-electron chi connectivity index (χ1n) is 7.74. The Balaban J connectivity index is 0.00000400. The average molecular weight is 410 g/mol. The fourth-order valence-electron chi connectivity index (χ4n) is 1.95. The second-order valence-electron chi connectivity index (χ2n) is 6.51. The first kappa shape index (κ1) is 20.5. The van der Waals surface area contributed by atoms with Crippen LogP contribution in [0.25, 0.3) is 0 Å². The molecule has 0 spiro atoms. The van der Waals surface area contributed by atoms with Crippen LogP contribution in [0.2, 0.25) is 0 Å². The fourth-order valence-corrected chi connectivity index (χ4v) is 1.95. The van der Waals surface area contributed by atoms with E-state index in [-0.39, 0.29) is 42.0 Å². The lowest BCUT2D eigenvalue weighted by Gasteiger charge is -2.20. The molecule has 21 heavy (non-hydrogen) atoms. The van der Waals surface area contributed by atoms with Gasteiger partial charge in [0.15, 0.2) is 5.96 Å². The molecule has 0 aromatic heterocycles. The van der Waals surface area contributed by atoms with Crippen molar-refractivity contribution in [1.29, 1.82) is 0 Å². The Bertz CT molecular complexity index is 335. The van der Waals surface area contributed by atoms with E-state index in [2.05, 4.69) is 20.9 Å². The van der Waals surface area contributed by atoms with Crippen LogP contribution in [0.1, 0.15) is 53.4 Å². The van der Waals surface area contributed by atoms with E-state index in [1.54, 1.807) is 0 Å². The number of halogens is 1. The Labute approximate surface area is 146 Å². The molecule has 0 saturated heterocycles. The fraction of sp³-hybridized carbons (Fsp3) is 0.867. The summed E-state index contributed by atoms with van der Waals surface area (Å²) in [5.74, 6) is 1.65. The van der Waals surface area contributed by atoms with Crippen LogP contribution in [0.15, 0.2) is 4.99 Å². The molecule has 3 N–H and O–H groups in total. The largest absolute Gasteiger partial charge is 0.357 e. The number of carbonyl (C=O) groups is 1. The van der Waals surface area contributed by atoms with Crippen LogP contribution in [0.5, 0.6) is 0 Å². The summed E-state index contributed by atoms with van der Waals surface area (Å²) in [4.78, 5) is 16.0. The van der Waals surface area contributed by atoms with Crippen LogP contribution >= 0.6 is 24.0 Å². The summed E-state index contributed by atoms with van der Waals surface area (Å²) in [5.41, 5.74) is -0.206. The topological polar surface area (TPSA) is 65.5 Å². The van der Waals surface area contributed by atoms with Gasteiger partial charge in [-0.3, -0.25) is 4.79 Å². The molecule has 0 aromatic rings. The normalized spacial score (nSPS) is 15.1. The number of nitrogens with one attached hydrogen (secondary N) is 3. The SMILES string of the molecule is CCNC(=NCC(=O)NC(C)(C)C)NCCCC1CC1.I. The van der Waals surface area contributed by atoms with E-state index in [0.29, 0.717) is 0 Å². The van der Waals surface area contributed by atoms with Gasteiger partial charge < -0.3 is 16.0 Å². The van der Waals surface area contributed by atoms with Crippen molar-refractivity contribution < 1.29 is 4.79 Å². The molecule has 0 aliphatic heterocycles. The summed E-state index contributed by atoms with van der Waals surface area (Å²) in [6.07, 6.45) is 5.28. The molecule has 1 amide bonds. The van der Waals surface area contributed by atoms with Gasteiger partial charge in [-0.1, -0.05) is 12.8 Å². The second kappa shape index (κ2) is 10.2. The molecular formula is C15H31IN4O. The van der Waals surface area contributed by atoms with Crippen molar-refractivity contribution in [3.05, 3.63) is 0 Å². The molecule has 1 aliphatic carbocycles. The molecule has 1 fully saturated rings. The van der Waals surface area contributed by atoms with Gasteiger partial charge in [0.1, 0.15) is 6.54 Å². The maximum absolute atomic E-state index is 11.7. The molecule has 6 heteroatoms. The minimum atomic E-state index is -0.206. The van der Waals surface area contributed by atoms with Gasteiger partial charge in [-0.15, -0.1) is 24.0 Å². The predicted octanol–water partition coefficient (Wildman–Crippen LogP) is 2.26. The number of aliphatic imine (C=N–C) groups is 1. The molecule has 1 aliphatic rings. The highest BCUT2D eigenvalue weighted by molar-refractivity contribution is 14.0. The van der Waals surface area contributed by atoms with Gasteiger partial charge >= 0.3 is 0 Å². The summed E-state index contributed by atoms with van der Waals surface area (Å²) in [5, 5.41) is 9.35. The van der Waals surface area contributed by atoms with Crippen LogP contribution in [0, 0.1) is 5.92 Å². The quantitative estimate of drug-likeness (QED) is 0.261. The molecular weight excluding hydrogens is 379 g/mol. The molecule has 1 rings (SSSR count). The summed E-state index contributed by atoms with van der Waals surface area (Å²) in [7, 11) is 0. The first-order valence-corrected chi connectivity index (χ1v) is 7.74. The van der Waals surface area contributed by atoms with E-state index >= 15 is 0 Å². The zero-order chi connectivity index (χ0) is 15.0. The number of amides is 1. The van der Waals surface area contributed by atoms with Gasteiger partial charge in [-0.25, -0.2) is 4.99 Å². The third kappa shape index (κ3) is 11.8. The van der Waals surface area contributed by atoms with E-state index in [9.17, 15) is 4.79 Å². The van der Waals surface area contributed by atoms with Crippen molar-refractivity contribution in [2.75, 3.05) is 19.6 Å². The molecule has 124 valence electrons. The van der Waals surface area contributed by atoms with Crippen molar-refractivity contribution in [2.24, 2.45) is 10.9 Å². The highest BCUT2D eigenvalue weighted by Gasteiger charge is 2.20. The molecule has 0 unspecified atom stereocenters. The maximum Gasteiger partial charge on any atom is 0.242 e. The monoisotopic (exact) mass is 410 g/mol. The predicted molar refractivity (Wildman–Crippen MR) is 99.3 cm³/mol. The van der Waals surface area contributed by atoms with E-state index in [0.717, 1.165) is 25.0 Å². The molecule has 0 aromatic carbocycles. The number of rotatable bonds is 7. The minimum Gasteiger partial charge on any atom is -0.357 e. The molecule has 1 saturated carbocycles. The number of carbonyl (C=O) groups excluding carboxylic acids is 1. The smallest absolute Gasteiger partial charge is 0.242 e. The van der Waals surface area contributed by atoms with E-state index in [1.807, 2.05) is 27.7 Å². The van der Waals surface area contributed by atoms with Crippen molar-refractivity contribution in [2.45, 2.75) is 58.9 Å². The van der Waals surface area contributed by atoms with Crippen LogP contribution in [0.4, 0.5) is 0 Å². The van der Waals surface area contributed by atoms with Crippen molar-refractivity contribution in [3.8, 4) is 0 Å². The average Bonchev–Trinajstić information content (AvgIpc) is 3.13. The van der Waals surface area contributed by atoms with Gasteiger partial charge in [0.25, 0.3) is 0 Å². The van der Waals surface area contributed by atoms with Gasteiger partial charge in [-0.05, 0) is 46.5 Å². The summed E-state index contributed by atoms with van der Waals surface area (Å²) in [6.45, 7) is 9.81. The molecule has 5 nitrogen and oxygen atoms in total. The van der Waals surface area contributed by atoms with Gasteiger partial charge in [0.2, 0.25) is 5.91 Å². The third-order valence-electron chi connectivity index (χ3n) is 3.02. The Morgan fingerprint density at radius 3 is 2.43 bits per heavy atom. The Morgan fingerprint density at radius 2 is 1.90 bits per heavy atom. The van der Waals surface area contributed by atoms with E-state index < -0.39 is 0 Å². The van der Waals surface area contributed by atoms with Crippen molar-refractivity contribution in [3.63, 3.8) is 0 Å². The molecule has 0 bridgehead atoms. The lowest BCUT2D eigenvalue weighted by molar-refractivity contribution is -0.121. The molecule has 0 atom stereocenters. The number of hydrogen-bond donors (Lipinski definition) is 3. The molecule has 0 radical (unpaired) electrons. The zero-order valence-corrected chi connectivity index (χ0v) is 16.1. The van der Waals surface area contributed by atoms with Crippen LogP contribution in [-0.4, -0.2) is 37.0 Å². The third-order valence-corrected chi connectivity index (χ3v) is 3.02. The van der Waals surface area contributed by atoms with Crippen molar-refractivity contribution >= 4 is 35.8 Å². The van der Waals surface area contributed by atoms with Gasteiger partial charge in [0.05, 0.1) is 0 Å². The summed E-state index contributed by atoms with van der Waals surface area (Å²) < 4.78 is 0. The standard InChI is InChI=1S/C15H30N4O.HI/c1-5-16-14(17-10-6-7-12-8-9-12)18-11-13(20)19-15(2,3)4;/h12H,5-11H2,1-4H3,(H,19,20)(H2,16,17,18);1H. The highest BCUT2D eigenvalue weighted by Crippen LogP contribution is 2.33. The van der Waals surface area contributed by atoms with E-state index in [4.69, 9.17) is 0 Å². The lowest BCUT2D eigenvalue weighted by atomic mass is 10.1. The number of guanidine groups is 1. The Morgan fingerprint density at radius 1 is 1.24 bits per heavy atom. The summed E-state index contributed by atoms with van der Waals surface area (Å²) in [6, 6.07) is 0. The van der Waals surface area contributed by atoms with E-state index in [1.165, 1.54) is 25.7 Å². The maximum atomic E-state index is 11.7. The van der Waals surface area contributed by atoms with Crippen molar-refractivity contribution in [1.82, 2.24) is 16.0 Å². The zero-order valence-electron chi connectivity index (χ0n) is 13.8. The first-order chi connectivity index (χ1) is 9.40. The summed E-state index contributed by atoms with van der Waals surface area (Å²) >= 11 is 0.